The van der Waals surface area contributed by atoms with Crippen LogP contribution in [0.25, 0.3) is 0 Å². The summed E-state index contributed by atoms with van der Waals surface area (Å²) in [5, 5.41) is 2.78. The first-order valence-corrected chi connectivity index (χ1v) is 6.67. The number of halogens is 2. The minimum absolute atomic E-state index is 0.0991. The average Bonchev–Trinajstić information content (AvgIpc) is 2.48. The molecule has 1 N–H and O–H groups in total. The number of benzene rings is 1. The maximum absolute atomic E-state index is 13.2. The van der Waals surface area contributed by atoms with Crippen LogP contribution in [-0.4, -0.2) is 17.4 Å². The van der Waals surface area contributed by atoms with Crippen molar-refractivity contribution in [3.05, 3.63) is 65.5 Å². The van der Waals surface area contributed by atoms with Crippen molar-refractivity contribution in [1.29, 1.82) is 0 Å². The molecule has 3 nitrogen and oxygen atoms in total. The lowest BCUT2D eigenvalue weighted by Gasteiger charge is -2.13. The van der Waals surface area contributed by atoms with Gasteiger partial charge in [0.05, 0.1) is 6.42 Å². The van der Waals surface area contributed by atoms with Crippen molar-refractivity contribution in [2.24, 2.45) is 0 Å². The second kappa shape index (κ2) is 6.92. The molecule has 0 saturated carbocycles. The first kappa shape index (κ1) is 15.1. The van der Waals surface area contributed by atoms with Crippen LogP contribution in [-0.2, 0) is 11.2 Å². The van der Waals surface area contributed by atoms with Gasteiger partial charge in [0.15, 0.2) is 11.6 Å². The summed E-state index contributed by atoms with van der Waals surface area (Å²) in [5.74, 6) is -1.97. The molecule has 0 unspecified atom stereocenters. The van der Waals surface area contributed by atoms with Gasteiger partial charge in [0, 0.05) is 18.9 Å². The molecule has 1 aromatic carbocycles. The van der Waals surface area contributed by atoms with Gasteiger partial charge in [0.2, 0.25) is 5.91 Å². The number of carbonyl (C=O) groups excluding carboxylic acids is 1. The van der Waals surface area contributed by atoms with Crippen LogP contribution in [0.3, 0.4) is 0 Å². The Morgan fingerprint density at radius 2 is 2.10 bits per heavy atom. The summed E-state index contributed by atoms with van der Waals surface area (Å²) in [6.07, 6.45) is 3.53. The third-order valence-corrected chi connectivity index (χ3v) is 3.21. The molecule has 0 saturated heterocycles. The molecule has 0 radical (unpaired) electrons. The highest BCUT2D eigenvalue weighted by Gasteiger charge is 2.11. The number of pyridine rings is 1. The molecule has 2 rings (SSSR count). The van der Waals surface area contributed by atoms with Gasteiger partial charge in [-0.15, -0.1) is 0 Å². The zero-order valence-corrected chi connectivity index (χ0v) is 11.6. The van der Waals surface area contributed by atoms with E-state index < -0.39 is 11.6 Å². The fourth-order valence-electron chi connectivity index (χ4n) is 1.95. The van der Waals surface area contributed by atoms with Gasteiger partial charge in [0.25, 0.3) is 0 Å². The maximum atomic E-state index is 13.2. The van der Waals surface area contributed by atoms with Crippen molar-refractivity contribution < 1.29 is 13.6 Å². The van der Waals surface area contributed by atoms with Crippen LogP contribution in [0.2, 0.25) is 0 Å². The molecular formula is C16H16F2N2O. The van der Waals surface area contributed by atoms with E-state index in [0.717, 1.165) is 17.7 Å². The Morgan fingerprint density at radius 3 is 2.76 bits per heavy atom. The lowest BCUT2D eigenvalue weighted by molar-refractivity contribution is -0.120. The predicted octanol–water partition coefficient (Wildman–Crippen LogP) is 2.82. The van der Waals surface area contributed by atoms with Crippen LogP contribution in [0.5, 0.6) is 0 Å². The van der Waals surface area contributed by atoms with Gasteiger partial charge in [-0.1, -0.05) is 19.1 Å². The first-order valence-electron chi connectivity index (χ1n) is 6.67. The number of hydrogen-bond donors (Lipinski definition) is 1. The molecule has 1 aromatic heterocycles. The summed E-state index contributed by atoms with van der Waals surface area (Å²) in [7, 11) is 0. The first-order chi connectivity index (χ1) is 10.1. The van der Waals surface area contributed by atoms with Crippen molar-refractivity contribution in [3.63, 3.8) is 0 Å². The Kier molecular flexibility index (Phi) is 4.98. The van der Waals surface area contributed by atoms with Crippen molar-refractivity contribution in [1.82, 2.24) is 10.3 Å². The van der Waals surface area contributed by atoms with Crippen LogP contribution in [0.1, 0.15) is 24.0 Å². The van der Waals surface area contributed by atoms with Crippen LogP contribution in [0.15, 0.2) is 42.7 Å². The molecule has 0 bridgehead atoms. The number of nitrogens with zero attached hydrogens (tertiary/aromatic N) is 1. The van der Waals surface area contributed by atoms with Gasteiger partial charge in [-0.2, -0.15) is 0 Å². The van der Waals surface area contributed by atoms with E-state index >= 15 is 0 Å². The minimum Gasteiger partial charge on any atom is -0.355 e. The van der Waals surface area contributed by atoms with Crippen molar-refractivity contribution >= 4 is 5.91 Å². The zero-order valence-electron chi connectivity index (χ0n) is 11.6. The van der Waals surface area contributed by atoms with Gasteiger partial charge >= 0.3 is 0 Å². The highest BCUT2D eigenvalue weighted by atomic mass is 19.2. The topological polar surface area (TPSA) is 42.0 Å². The third-order valence-electron chi connectivity index (χ3n) is 3.21. The van der Waals surface area contributed by atoms with Gasteiger partial charge in [-0.05, 0) is 35.2 Å². The highest BCUT2D eigenvalue weighted by molar-refractivity contribution is 5.78. The molecule has 2 aromatic rings. The molecular weight excluding hydrogens is 274 g/mol. The Morgan fingerprint density at radius 1 is 1.29 bits per heavy atom. The summed E-state index contributed by atoms with van der Waals surface area (Å²) in [5.41, 5.74) is 1.48. The van der Waals surface area contributed by atoms with E-state index in [4.69, 9.17) is 0 Å². The summed E-state index contributed by atoms with van der Waals surface area (Å²) in [6.45, 7) is 2.21. The van der Waals surface area contributed by atoms with E-state index in [1.165, 1.54) is 6.07 Å². The maximum Gasteiger partial charge on any atom is 0.224 e. The standard InChI is InChI=1S/C16H16F2N2O/c1-11(13-4-5-14(17)15(18)8-13)9-20-16(21)7-12-3-2-6-19-10-12/h2-6,8,10-11H,7,9H2,1H3,(H,20,21)/t11-/m1/s1. The fraction of sp³-hybridized carbons (Fsp3) is 0.250. The number of hydrogen-bond acceptors (Lipinski definition) is 2. The number of amides is 1. The van der Waals surface area contributed by atoms with E-state index in [-0.39, 0.29) is 18.2 Å². The van der Waals surface area contributed by atoms with Crippen LogP contribution < -0.4 is 5.32 Å². The minimum atomic E-state index is -0.874. The fourth-order valence-corrected chi connectivity index (χ4v) is 1.95. The van der Waals surface area contributed by atoms with Crippen molar-refractivity contribution in [2.45, 2.75) is 19.3 Å². The van der Waals surface area contributed by atoms with Crippen molar-refractivity contribution in [2.75, 3.05) is 6.54 Å². The molecule has 1 amide bonds. The number of carbonyl (C=O) groups is 1. The van der Waals surface area contributed by atoms with E-state index in [2.05, 4.69) is 10.3 Å². The Bertz CT molecular complexity index is 617. The van der Waals surface area contributed by atoms with E-state index in [0.29, 0.717) is 12.1 Å². The number of rotatable bonds is 5. The van der Waals surface area contributed by atoms with Gasteiger partial charge in [-0.25, -0.2) is 8.78 Å². The normalized spacial score (nSPS) is 12.0. The number of nitrogens with one attached hydrogen (secondary N) is 1. The lowest BCUT2D eigenvalue weighted by Crippen LogP contribution is -2.29. The summed E-state index contributed by atoms with van der Waals surface area (Å²) in [6, 6.07) is 7.38. The Balaban J connectivity index is 1.87. The lowest BCUT2D eigenvalue weighted by atomic mass is 10.0. The molecule has 1 heterocycles. The zero-order chi connectivity index (χ0) is 15.2. The molecule has 0 aliphatic carbocycles. The smallest absolute Gasteiger partial charge is 0.224 e. The quantitative estimate of drug-likeness (QED) is 0.920. The SMILES string of the molecule is C[C@H](CNC(=O)Cc1cccnc1)c1ccc(F)c(F)c1. The summed E-state index contributed by atoms with van der Waals surface area (Å²) in [4.78, 5) is 15.7. The molecule has 21 heavy (non-hydrogen) atoms. The molecule has 110 valence electrons. The van der Waals surface area contributed by atoms with Crippen molar-refractivity contribution in [3.8, 4) is 0 Å². The molecule has 5 heteroatoms. The third kappa shape index (κ3) is 4.34. The average molecular weight is 290 g/mol. The summed E-state index contributed by atoms with van der Waals surface area (Å²) < 4.78 is 26.0. The monoisotopic (exact) mass is 290 g/mol. The van der Waals surface area contributed by atoms with Gasteiger partial charge in [0.1, 0.15) is 0 Å². The second-order valence-electron chi connectivity index (χ2n) is 4.92. The molecule has 1 atom stereocenters. The molecule has 0 aliphatic rings. The molecule has 0 spiro atoms. The highest BCUT2D eigenvalue weighted by Crippen LogP contribution is 2.17. The second-order valence-corrected chi connectivity index (χ2v) is 4.92. The predicted molar refractivity (Wildman–Crippen MR) is 75.7 cm³/mol. The van der Waals surface area contributed by atoms with E-state index in [1.807, 2.05) is 13.0 Å². The van der Waals surface area contributed by atoms with Gasteiger partial charge < -0.3 is 5.32 Å². The van der Waals surface area contributed by atoms with Crippen LogP contribution in [0.4, 0.5) is 8.78 Å². The molecule has 0 aliphatic heterocycles. The Hall–Kier alpha value is -2.30. The van der Waals surface area contributed by atoms with Crippen LogP contribution in [0, 0.1) is 11.6 Å². The molecule has 0 fully saturated rings. The summed E-state index contributed by atoms with van der Waals surface area (Å²) >= 11 is 0. The van der Waals surface area contributed by atoms with E-state index in [9.17, 15) is 13.6 Å². The Labute approximate surface area is 122 Å². The van der Waals surface area contributed by atoms with Crippen LogP contribution >= 0.6 is 0 Å². The van der Waals surface area contributed by atoms with E-state index in [1.54, 1.807) is 18.5 Å². The number of aromatic nitrogens is 1. The van der Waals surface area contributed by atoms with Gasteiger partial charge in [-0.3, -0.25) is 9.78 Å². The largest absolute Gasteiger partial charge is 0.355 e.